The molecule has 10 heteroatoms. The minimum Gasteiger partial charge on any atom is -0.448 e. The van der Waals surface area contributed by atoms with Gasteiger partial charge < -0.3 is 13.8 Å². The van der Waals surface area contributed by atoms with E-state index in [1.807, 2.05) is 97.1 Å². The number of benzene rings is 5. The van der Waals surface area contributed by atoms with E-state index in [1.165, 1.54) is 23.6 Å². The van der Waals surface area contributed by atoms with Crippen molar-refractivity contribution in [2.45, 2.75) is 30.9 Å². The van der Waals surface area contributed by atoms with Crippen molar-refractivity contribution < 1.29 is 27.9 Å². The highest BCUT2D eigenvalue weighted by molar-refractivity contribution is 8.14. The number of allylic oxidation sites excluding steroid dienone is 1. The smallest absolute Gasteiger partial charge is 0.448 e. The van der Waals surface area contributed by atoms with Crippen LogP contribution in [-0.2, 0) is 29.8 Å². The summed E-state index contributed by atoms with van der Waals surface area (Å²) in [4.78, 5) is 34.5. The molecule has 5 aromatic carbocycles. The largest absolute Gasteiger partial charge is 0.462 e. The van der Waals surface area contributed by atoms with Crippen LogP contribution < -0.4 is 9.83 Å². The third kappa shape index (κ3) is 7.01. The number of esters is 1. The van der Waals surface area contributed by atoms with Gasteiger partial charge in [0.05, 0.1) is 10.3 Å². The Bertz CT molecular complexity index is 2040. The van der Waals surface area contributed by atoms with Gasteiger partial charge in [0.2, 0.25) is 0 Å². The Labute approximate surface area is 295 Å². The fourth-order valence-corrected chi connectivity index (χ4v) is 8.80. The molecule has 1 saturated heterocycles. The van der Waals surface area contributed by atoms with Crippen LogP contribution in [0.25, 0.3) is 0 Å². The van der Waals surface area contributed by atoms with Gasteiger partial charge in [-0.05, 0) is 47.9 Å². The highest BCUT2D eigenvalue weighted by Gasteiger charge is 2.56. The average Bonchev–Trinajstić information content (AvgIpc) is 3.53. The standard InChI is InChI=1S/C40H33N2O6PS/c1-28(47-49(45,33-25-15-6-16-26-33)48-32-23-13-5-14-24-32)36(40(44)46-37(30-19-9-3-10-20-30)31-21-11-4-12-22-31)42-38(43)35-39(42)50-34(41-35)27-29-17-7-2-8-18-29/h2-26,35,37,39H,27H2,1H3. The van der Waals surface area contributed by atoms with Crippen LogP contribution in [0.15, 0.2) is 168 Å². The fraction of sp³-hybridized carbons (Fsp3) is 0.125. The molecule has 1 fully saturated rings. The molecule has 0 aliphatic carbocycles. The molecule has 7 rings (SSSR count). The number of ether oxygens (including phenoxy) is 1. The van der Waals surface area contributed by atoms with Crippen LogP contribution in [0.1, 0.15) is 29.7 Å². The molecule has 0 N–H and O–H groups in total. The number of nitrogens with zero attached hydrogens (tertiary/aromatic N) is 2. The maximum absolute atomic E-state index is 14.7. The van der Waals surface area contributed by atoms with Crippen molar-refractivity contribution in [3.63, 3.8) is 0 Å². The van der Waals surface area contributed by atoms with E-state index in [-0.39, 0.29) is 22.7 Å². The van der Waals surface area contributed by atoms with Crippen LogP contribution in [-0.4, -0.2) is 33.2 Å². The topological polar surface area (TPSA) is 94.5 Å². The number of carbonyl (C=O) groups is 2. The Morgan fingerprint density at radius 3 is 1.88 bits per heavy atom. The predicted molar refractivity (Wildman–Crippen MR) is 195 cm³/mol. The second-order valence-electron chi connectivity index (χ2n) is 11.7. The van der Waals surface area contributed by atoms with E-state index in [4.69, 9.17) is 18.8 Å². The van der Waals surface area contributed by atoms with E-state index in [2.05, 4.69) is 0 Å². The minimum absolute atomic E-state index is 0.0816. The van der Waals surface area contributed by atoms with Crippen molar-refractivity contribution in [3.05, 3.63) is 180 Å². The van der Waals surface area contributed by atoms with Gasteiger partial charge in [0.1, 0.15) is 16.9 Å². The van der Waals surface area contributed by atoms with Crippen molar-refractivity contribution in [2.24, 2.45) is 4.99 Å². The summed E-state index contributed by atoms with van der Waals surface area (Å²) in [6.07, 6.45) is -0.251. The van der Waals surface area contributed by atoms with Gasteiger partial charge in [-0.2, -0.15) is 0 Å². The molecule has 3 atom stereocenters. The zero-order valence-electron chi connectivity index (χ0n) is 27.1. The summed E-state index contributed by atoms with van der Waals surface area (Å²) in [5.41, 5.74) is 2.38. The van der Waals surface area contributed by atoms with Crippen LogP contribution >= 0.6 is 19.4 Å². The molecule has 2 aliphatic heterocycles. The molecular formula is C40H33N2O6PS. The molecule has 0 radical (unpaired) electrons. The first-order chi connectivity index (χ1) is 24.4. The van der Waals surface area contributed by atoms with Gasteiger partial charge in [-0.1, -0.05) is 139 Å². The van der Waals surface area contributed by atoms with Crippen molar-refractivity contribution in [3.8, 4) is 5.75 Å². The maximum atomic E-state index is 14.7. The second kappa shape index (κ2) is 14.6. The average molecular weight is 701 g/mol. The summed E-state index contributed by atoms with van der Waals surface area (Å²) in [7, 11) is -4.16. The highest BCUT2D eigenvalue weighted by atomic mass is 32.2. The SMILES string of the molecule is CC(OP(=O)(Oc1ccccc1)c1ccccc1)=C(C(=O)OC(c1ccccc1)c1ccccc1)N1C(=O)C2N=C(Cc3ccccc3)SC21. The Morgan fingerprint density at radius 2 is 1.30 bits per heavy atom. The molecule has 0 aromatic heterocycles. The summed E-state index contributed by atoms with van der Waals surface area (Å²) in [5.74, 6) is -0.962. The molecule has 1 amide bonds. The van der Waals surface area contributed by atoms with Gasteiger partial charge in [0.25, 0.3) is 5.91 Å². The summed E-state index contributed by atoms with van der Waals surface area (Å²) >= 11 is 1.42. The van der Waals surface area contributed by atoms with Gasteiger partial charge in [0.15, 0.2) is 17.8 Å². The molecular weight excluding hydrogens is 667 g/mol. The van der Waals surface area contributed by atoms with Crippen LogP contribution in [0, 0.1) is 0 Å². The summed E-state index contributed by atoms with van der Waals surface area (Å²) in [5, 5.41) is 0.543. The molecule has 0 saturated carbocycles. The van der Waals surface area contributed by atoms with Crippen molar-refractivity contribution >= 4 is 41.6 Å². The van der Waals surface area contributed by atoms with Gasteiger partial charge in [-0.15, -0.1) is 0 Å². The third-order valence-corrected chi connectivity index (χ3v) is 11.4. The van der Waals surface area contributed by atoms with E-state index < -0.39 is 31.1 Å². The van der Waals surface area contributed by atoms with Crippen LogP contribution in [0.3, 0.4) is 0 Å². The zero-order valence-corrected chi connectivity index (χ0v) is 28.8. The first-order valence-corrected chi connectivity index (χ1v) is 18.5. The lowest BCUT2D eigenvalue weighted by Gasteiger charge is -2.42. The lowest BCUT2D eigenvalue weighted by atomic mass is 10.0. The molecule has 0 spiro atoms. The number of hydrogen-bond donors (Lipinski definition) is 0. The van der Waals surface area contributed by atoms with Crippen LogP contribution in [0.5, 0.6) is 5.75 Å². The number of amides is 1. The summed E-state index contributed by atoms with van der Waals surface area (Å²) in [6.45, 7) is 1.51. The predicted octanol–water partition coefficient (Wildman–Crippen LogP) is 8.09. The molecule has 2 aliphatic rings. The van der Waals surface area contributed by atoms with Gasteiger partial charge >= 0.3 is 13.6 Å². The molecule has 250 valence electrons. The van der Waals surface area contributed by atoms with E-state index in [0.29, 0.717) is 12.2 Å². The van der Waals surface area contributed by atoms with E-state index in [1.54, 1.807) is 54.6 Å². The number of fused-ring (bicyclic) bond motifs is 1. The monoisotopic (exact) mass is 700 g/mol. The van der Waals surface area contributed by atoms with Crippen molar-refractivity contribution in [2.75, 3.05) is 0 Å². The number of hydrogen-bond acceptors (Lipinski definition) is 8. The third-order valence-electron chi connectivity index (χ3n) is 8.25. The van der Waals surface area contributed by atoms with Crippen molar-refractivity contribution in [1.82, 2.24) is 4.90 Å². The molecule has 2 heterocycles. The van der Waals surface area contributed by atoms with Crippen LogP contribution in [0.4, 0.5) is 0 Å². The normalized spacial score (nSPS) is 18.2. The first-order valence-electron chi connectivity index (χ1n) is 16.1. The number of rotatable bonds is 12. The molecule has 8 nitrogen and oxygen atoms in total. The minimum atomic E-state index is -4.16. The number of aliphatic imine (C=N–C) groups is 1. The lowest BCUT2D eigenvalue weighted by Crippen LogP contribution is -2.61. The highest BCUT2D eigenvalue weighted by Crippen LogP contribution is 2.51. The van der Waals surface area contributed by atoms with Gasteiger partial charge in [0, 0.05) is 6.42 Å². The molecule has 0 bridgehead atoms. The second-order valence-corrected chi connectivity index (χ2v) is 14.8. The Hall–Kier alpha value is -5.37. The number of β-lactam (4-membered cyclic amide) rings is 1. The number of thioether (sulfide) groups is 1. The fourth-order valence-electron chi connectivity index (χ4n) is 5.84. The van der Waals surface area contributed by atoms with E-state index >= 15 is 0 Å². The Kier molecular flexibility index (Phi) is 9.69. The van der Waals surface area contributed by atoms with Gasteiger partial charge in [-0.3, -0.25) is 14.7 Å². The summed E-state index contributed by atoms with van der Waals surface area (Å²) in [6, 6.07) is 45.1. The first kappa shape index (κ1) is 33.1. The molecule has 3 unspecified atom stereocenters. The summed E-state index contributed by atoms with van der Waals surface area (Å²) < 4.78 is 33.3. The zero-order chi connectivity index (χ0) is 34.5. The van der Waals surface area contributed by atoms with Gasteiger partial charge in [-0.25, -0.2) is 9.36 Å². The Balaban J connectivity index is 1.27. The lowest BCUT2D eigenvalue weighted by molar-refractivity contribution is -0.153. The van der Waals surface area contributed by atoms with E-state index in [0.717, 1.165) is 21.7 Å². The van der Waals surface area contributed by atoms with Crippen LogP contribution in [0.2, 0.25) is 0 Å². The maximum Gasteiger partial charge on any atom is 0.462 e. The number of para-hydroxylation sites is 1. The Morgan fingerprint density at radius 1 is 0.780 bits per heavy atom. The van der Waals surface area contributed by atoms with Crippen molar-refractivity contribution in [1.29, 1.82) is 0 Å². The molecule has 5 aromatic rings. The number of carbonyl (C=O) groups excluding carboxylic acids is 2. The quantitative estimate of drug-likeness (QED) is 0.0427. The van der Waals surface area contributed by atoms with E-state index in [9.17, 15) is 14.2 Å². The molecule has 50 heavy (non-hydrogen) atoms. The number of likely N-dealkylation sites (tertiary alicyclic amines) is 1.